The molecule has 0 aromatic heterocycles. The first-order chi connectivity index (χ1) is 8.13. The van der Waals surface area contributed by atoms with Gasteiger partial charge in [-0.15, -0.1) is 0 Å². The number of benzene rings is 1. The van der Waals surface area contributed by atoms with Crippen molar-refractivity contribution in [1.82, 2.24) is 5.32 Å². The van der Waals surface area contributed by atoms with Gasteiger partial charge in [-0.25, -0.2) is 0 Å². The molecule has 0 fully saturated rings. The normalized spacial score (nSPS) is 12.7. The van der Waals surface area contributed by atoms with Crippen molar-refractivity contribution < 1.29 is 0 Å². The minimum Gasteiger partial charge on any atom is -0.330 e. The van der Waals surface area contributed by atoms with Gasteiger partial charge in [0.05, 0.1) is 0 Å². The smallest absolute Gasteiger partial charge is 0.000814 e. The Kier molecular flexibility index (Phi) is 6.23. The van der Waals surface area contributed by atoms with Crippen LogP contribution in [0.25, 0.3) is 0 Å². The van der Waals surface area contributed by atoms with Gasteiger partial charge in [-0.3, -0.25) is 0 Å². The standard InChI is InChI=1S/C15H26N2/c1-12-4-5-15(14(3)10-12)7-9-17-11-13(2)6-8-16/h4-5,10,13,17H,6-9,11,16H2,1-3H3. The van der Waals surface area contributed by atoms with Crippen LogP contribution >= 0.6 is 0 Å². The lowest BCUT2D eigenvalue weighted by Gasteiger charge is -2.12. The predicted octanol–water partition coefficient (Wildman–Crippen LogP) is 2.42. The molecule has 2 nitrogen and oxygen atoms in total. The molecule has 0 saturated carbocycles. The fourth-order valence-corrected chi connectivity index (χ4v) is 2.08. The molecular weight excluding hydrogens is 208 g/mol. The summed E-state index contributed by atoms with van der Waals surface area (Å²) in [6.45, 7) is 9.50. The molecule has 17 heavy (non-hydrogen) atoms. The average molecular weight is 234 g/mol. The Morgan fingerprint density at radius 3 is 2.71 bits per heavy atom. The number of rotatable bonds is 7. The number of nitrogens with two attached hydrogens (primary N) is 1. The molecule has 0 aliphatic heterocycles. The highest BCUT2D eigenvalue weighted by molar-refractivity contribution is 5.30. The van der Waals surface area contributed by atoms with Crippen molar-refractivity contribution in [2.24, 2.45) is 11.7 Å². The molecule has 96 valence electrons. The molecule has 0 spiro atoms. The van der Waals surface area contributed by atoms with Crippen LogP contribution in [0.2, 0.25) is 0 Å². The topological polar surface area (TPSA) is 38.0 Å². The minimum atomic E-state index is 0.680. The first kappa shape index (κ1) is 14.2. The van der Waals surface area contributed by atoms with Crippen molar-refractivity contribution in [3.05, 3.63) is 34.9 Å². The fourth-order valence-electron chi connectivity index (χ4n) is 2.08. The van der Waals surface area contributed by atoms with Crippen molar-refractivity contribution in [3.63, 3.8) is 0 Å². The molecule has 1 aromatic rings. The van der Waals surface area contributed by atoms with Gasteiger partial charge in [-0.2, -0.15) is 0 Å². The van der Waals surface area contributed by atoms with Crippen molar-refractivity contribution in [1.29, 1.82) is 0 Å². The zero-order valence-corrected chi connectivity index (χ0v) is 11.4. The maximum absolute atomic E-state index is 5.53. The van der Waals surface area contributed by atoms with Crippen molar-refractivity contribution >= 4 is 0 Å². The summed E-state index contributed by atoms with van der Waals surface area (Å²) < 4.78 is 0. The predicted molar refractivity (Wildman–Crippen MR) is 75.3 cm³/mol. The van der Waals surface area contributed by atoms with E-state index in [-0.39, 0.29) is 0 Å². The third-order valence-corrected chi connectivity index (χ3v) is 3.22. The van der Waals surface area contributed by atoms with Gasteiger partial charge < -0.3 is 11.1 Å². The molecule has 0 radical (unpaired) electrons. The molecule has 0 heterocycles. The van der Waals surface area contributed by atoms with Crippen molar-refractivity contribution in [3.8, 4) is 0 Å². The maximum atomic E-state index is 5.53. The first-order valence-corrected chi connectivity index (χ1v) is 6.60. The van der Waals surface area contributed by atoms with E-state index in [0.717, 1.165) is 32.5 Å². The number of nitrogens with one attached hydrogen (secondary N) is 1. The van der Waals surface area contributed by atoms with Crippen LogP contribution in [0.15, 0.2) is 18.2 Å². The molecular formula is C15H26N2. The molecule has 1 atom stereocenters. The summed E-state index contributed by atoms with van der Waals surface area (Å²) in [4.78, 5) is 0. The summed E-state index contributed by atoms with van der Waals surface area (Å²) >= 11 is 0. The van der Waals surface area contributed by atoms with Gasteiger partial charge in [-0.1, -0.05) is 30.7 Å². The second-order valence-corrected chi connectivity index (χ2v) is 5.07. The summed E-state index contributed by atoms with van der Waals surface area (Å²) in [5, 5.41) is 3.50. The summed E-state index contributed by atoms with van der Waals surface area (Å²) in [6.07, 6.45) is 2.22. The van der Waals surface area contributed by atoms with Crippen molar-refractivity contribution in [2.45, 2.75) is 33.6 Å². The molecule has 1 aromatic carbocycles. The Bertz CT molecular complexity index is 334. The van der Waals surface area contributed by atoms with Gasteiger partial charge >= 0.3 is 0 Å². The lowest BCUT2D eigenvalue weighted by Crippen LogP contribution is -2.25. The Balaban J connectivity index is 2.26. The van der Waals surface area contributed by atoms with Crippen LogP contribution < -0.4 is 11.1 Å². The zero-order valence-electron chi connectivity index (χ0n) is 11.4. The largest absolute Gasteiger partial charge is 0.330 e. The molecule has 0 saturated heterocycles. The third-order valence-electron chi connectivity index (χ3n) is 3.22. The van der Waals surface area contributed by atoms with Gasteiger partial charge in [0.2, 0.25) is 0 Å². The Morgan fingerprint density at radius 1 is 1.29 bits per heavy atom. The number of hydrogen-bond acceptors (Lipinski definition) is 2. The number of hydrogen-bond donors (Lipinski definition) is 2. The summed E-state index contributed by atoms with van der Waals surface area (Å²) in [6, 6.07) is 6.70. The van der Waals surface area contributed by atoms with E-state index in [1.165, 1.54) is 16.7 Å². The highest BCUT2D eigenvalue weighted by Gasteiger charge is 2.01. The average Bonchev–Trinajstić information content (AvgIpc) is 2.27. The lowest BCUT2D eigenvalue weighted by molar-refractivity contribution is 0.489. The molecule has 1 rings (SSSR count). The Morgan fingerprint density at radius 2 is 2.06 bits per heavy atom. The van der Waals surface area contributed by atoms with Gasteiger partial charge in [-0.05, 0) is 63.4 Å². The van der Waals surface area contributed by atoms with Crippen LogP contribution in [0.5, 0.6) is 0 Å². The first-order valence-electron chi connectivity index (χ1n) is 6.60. The van der Waals surface area contributed by atoms with E-state index < -0.39 is 0 Å². The summed E-state index contributed by atoms with van der Waals surface area (Å²) in [5.74, 6) is 0.680. The molecule has 1 unspecified atom stereocenters. The lowest BCUT2D eigenvalue weighted by atomic mass is 10.0. The summed E-state index contributed by atoms with van der Waals surface area (Å²) in [5.41, 5.74) is 9.73. The van der Waals surface area contributed by atoms with Crippen LogP contribution in [0.4, 0.5) is 0 Å². The van der Waals surface area contributed by atoms with E-state index in [9.17, 15) is 0 Å². The van der Waals surface area contributed by atoms with Crippen molar-refractivity contribution in [2.75, 3.05) is 19.6 Å². The molecule has 0 amide bonds. The van der Waals surface area contributed by atoms with Gasteiger partial charge in [0.25, 0.3) is 0 Å². The third kappa shape index (κ3) is 5.33. The minimum absolute atomic E-state index is 0.680. The second-order valence-electron chi connectivity index (χ2n) is 5.07. The van der Waals surface area contributed by atoms with Gasteiger partial charge in [0.1, 0.15) is 0 Å². The zero-order chi connectivity index (χ0) is 12.7. The Labute approximate surface area is 106 Å². The monoisotopic (exact) mass is 234 g/mol. The van der Waals surface area contributed by atoms with Gasteiger partial charge in [0.15, 0.2) is 0 Å². The Hall–Kier alpha value is -0.860. The van der Waals surface area contributed by atoms with Crippen LogP contribution in [-0.2, 0) is 6.42 Å². The molecule has 0 aliphatic rings. The van der Waals surface area contributed by atoms with Gasteiger partial charge in [0, 0.05) is 0 Å². The maximum Gasteiger partial charge on any atom is -0.000814 e. The molecule has 3 N–H and O–H groups in total. The van der Waals surface area contributed by atoms with E-state index in [1.54, 1.807) is 0 Å². The number of aryl methyl sites for hydroxylation is 2. The fraction of sp³-hybridized carbons (Fsp3) is 0.600. The van der Waals surface area contributed by atoms with E-state index in [4.69, 9.17) is 5.73 Å². The second kappa shape index (κ2) is 7.46. The highest BCUT2D eigenvalue weighted by atomic mass is 14.8. The molecule has 0 aliphatic carbocycles. The van der Waals surface area contributed by atoms with Crippen LogP contribution in [0.1, 0.15) is 30.0 Å². The van der Waals surface area contributed by atoms with Crippen LogP contribution in [0.3, 0.4) is 0 Å². The SMILES string of the molecule is Cc1ccc(CCNCC(C)CCN)c(C)c1. The van der Waals surface area contributed by atoms with E-state index in [2.05, 4.69) is 44.3 Å². The highest BCUT2D eigenvalue weighted by Crippen LogP contribution is 2.10. The van der Waals surface area contributed by atoms with Crippen LogP contribution in [0, 0.1) is 19.8 Å². The van der Waals surface area contributed by atoms with E-state index in [1.807, 2.05) is 0 Å². The quantitative estimate of drug-likeness (QED) is 0.711. The molecule has 2 heteroatoms. The van der Waals surface area contributed by atoms with E-state index in [0.29, 0.717) is 5.92 Å². The summed E-state index contributed by atoms with van der Waals surface area (Å²) in [7, 11) is 0. The van der Waals surface area contributed by atoms with E-state index >= 15 is 0 Å². The van der Waals surface area contributed by atoms with Crippen LogP contribution in [-0.4, -0.2) is 19.6 Å². The molecule has 0 bridgehead atoms.